The number of thioether (sulfide) groups is 1. The molecule has 1 aromatic heterocycles. The maximum atomic E-state index is 14.1. The topological polar surface area (TPSA) is 36.4 Å². The first-order chi connectivity index (χ1) is 15.0. The molecule has 3 aromatic rings. The van der Waals surface area contributed by atoms with Gasteiger partial charge in [0.2, 0.25) is 5.91 Å². The molecule has 0 bridgehead atoms. The molecule has 0 fully saturated rings. The molecule has 0 radical (unpaired) electrons. The normalized spacial score (nSPS) is 11.4. The van der Waals surface area contributed by atoms with Gasteiger partial charge in [-0.05, 0) is 61.7 Å². The number of nitrogens with zero attached hydrogens (tertiary/aromatic N) is 3. The molecular formula is C23H27F2N3OS2. The second kappa shape index (κ2) is 11.5. The summed E-state index contributed by atoms with van der Waals surface area (Å²) in [4.78, 5) is 22.4. The molecule has 0 N–H and O–H groups in total. The van der Waals surface area contributed by atoms with Crippen molar-refractivity contribution in [3.8, 4) is 0 Å². The lowest BCUT2D eigenvalue weighted by Crippen LogP contribution is -2.38. The quantitative estimate of drug-likeness (QED) is 0.265. The minimum absolute atomic E-state index is 0.00803. The Morgan fingerprint density at radius 2 is 1.81 bits per heavy atom. The second-order valence-electron chi connectivity index (χ2n) is 7.06. The number of halogens is 2. The number of rotatable bonds is 11. The van der Waals surface area contributed by atoms with Gasteiger partial charge in [-0.25, -0.2) is 13.8 Å². The van der Waals surface area contributed by atoms with E-state index in [1.54, 1.807) is 34.9 Å². The van der Waals surface area contributed by atoms with Crippen LogP contribution >= 0.6 is 23.1 Å². The van der Waals surface area contributed by atoms with Crippen LogP contribution in [0.5, 0.6) is 0 Å². The zero-order valence-corrected chi connectivity index (χ0v) is 19.4. The van der Waals surface area contributed by atoms with Crippen molar-refractivity contribution in [1.29, 1.82) is 0 Å². The van der Waals surface area contributed by atoms with Crippen LogP contribution in [0.3, 0.4) is 0 Å². The zero-order valence-electron chi connectivity index (χ0n) is 17.8. The van der Waals surface area contributed by atoms with E-state index in [0.717, 1.165) is 35.0 Å². The molecule has 0 unspecified atom stereocenters. The van der Waals surface area contributed by atoms with Crippen molar-refractivity contribution >= 4 is 44.4 Å². The van der Waals surface area contributed by atoms with Gasteiger partial charge in [-0.2, -0.15) is 0 Å². The molecule has 1 amide bonds. The van der Waals surface area contributed by atoms with E-state index in [0.29, 0.717) is 30.0 Å². The highest BCUT2D eigenvalue weighted by molar-refractivity contribution is 7.99. The lowest BCUT2D eigenvalue weighted by Gasteiger charge is -2.24. The van der Waals surface area contributed by atoms with Gasteiger partial charge in [0.25, 0.3) is 0 Å². The number of amides is 1. The number of anilines is 1. The number of fused-ring (bicyclic) bond motifs is 1. The van der Waals surface area contributed by atoms with E-state index < -0.39 is 0 Å². The molecule has 31 heavy (non-hydrogen) atoms. The summed E-state index contributed by atoms with van der Waals surface area (Å²) in [6, 6.07) is 11.2. The smallest absolute Gasteiger partial charge is 0.228 e. The first-order valence-corrected chi connectivity index (χ1v) is 12.3. The second-order valence-corrected chi connectivity index (χ2v) is 9.24. The molecule has 1 heterocycles. The molecular weight excluding hydrogens is 436 g/mol. The van der Waals surface area contributed by atoms with E-state index in [2.05, 4.69) is 23.7 Å². The Hall–Kier alpha value is -2.03. The fraction of sp³-hybridized carbons (Fsp3) is 0.391. The molecule has 166 valence electrons. The van der Waals surface area contributed by atoms with Crippen LogP contribution in [-0.4, -0.2) is 47.7 Å². The maximum Gasteiger partial charge on any atom is 0.228 e. The molecule has 0 spiro atoms. The number of hydrogen-bond donors (Lipinski definition) is 0. The number of hydrogen-bond acceptors (Lipinski definition) is 5. The summed E-state index contributed by atoms with van der Waals surface area (Å²) in [6.45, 7) is 7.25. The fourth-order valence-electron chi connectivity index (χ4n) is 3.21. The Balaban J connectivity index is 1.66. The minimum Gasteiger partial charge on any atom is -0.302 e. The van der Waals surface area contributed by atoms with E-state index in [9.17, 15) is 13.6 Å². The molecule has 0 saturated carbocycles. The summed E-state index contributed by atoms with van der Waals surface area (Å²) in [7, 11) is 0. The summed E-state index contributed by atoms with van der Waals surface area (Å²) in [5, 5.41) is 0.545. The van der Waals surface area contributed by atoms with E-state index in [-0.39, 0.29) is 17.5 Å². The highest BCUT2D eigenvalue weighted by Gasteiger charge is 2.21. The van der Waals surface area contributed by atoms with E-state index in [1.165, 1.54) is 29.5 Å². The largest absolute Gasteiger partial charge is 0.302 e. The lowest BCUT2D eigenvalue weighted by atomic mass is 10.3. The molecule has 8 heteroatoms. The third-order valence-electron chi connectivity index (χ3n) is 5.04. The van der Waals surface area contributed by atoms with Crippen molar-refractivity contribution < 1.29 is 13.6 Å². The van der Waals surface area contributed by atoms with Crippen molar-refractivity contribution in [3.63, 3.8) is 0 Å². The van der Waals surface area contributed by atoms with Gasteiger partial charge in [0, 0.05) is 24.4 Å². The van der Waals surface area contributed by atoms with Crippen LogP contribution in [0.4, 0.5) is 13.9 Å². The van der Waals surface area contributed by atoms with Crippen LogP contribution in [0.1, 0.15) is 26.7 Å². The Kier molecular flexibility index (Phi) is 8.80. The van der Waals surface area contributed by atoms with Crippen LogP contribution in [0.25, 0.3) is 10.2 Å². The highest BCUT2D eigenvalue weighted by atomic mass is 32.2. The van der Waals surface area contributed by atoms with Crippen molar-refractivity contribution in [3.05, 3.63) is 54.1 Å². The van der Waals surface area contributed by atoms with Gasteiger partial charge >= 0.3 is 0 Å². The standard InChI is InChI=1S/C23H27F2N3OS2/c1-3-27(4-2)14-15-28(23-26-22-19(25)7-5-8-20(22)31-23)21(29)9-6-16-30-18-12-10-17(24)11-13-18/h5,7-8,10-13H,3-4,6,9,14-16H2,1-2H3. The number of para-hydroxylation sites is 1. The number of carbonyl (C=O) groups excluding carboxylic acids is 1. The third kappa shape index (κ3) is 6.48. The Labute approximate surface area is 190 Å². The van der Waals surface area contributed by atoms with Crippen molar-refractivity contribution in [2.24, 2.45) is 0 Å². The van der Waals surface area contributed by atoms with Gasteiger partial charge < -0.3 is 4.90 Å². The van der Waals surface area contributed by atoms with E-state index in [4.69, 9.17) is 0 Å². The third-order valence-corrected chi connectivity index (χ3v) is 7.18. The Bertz CT molecular complexity index is 990. The summed E-state index contributed by atoms with van der Waals surface area (Å²) in [5.41, 5.74) is 0.315. The van der Waals surface area contributed by atoms with Crippen LogP contribution in [0, 0.1) is 11.6 Å². The van der Waals surface area contributed by atoms with Crippen LogP contribution in [0.2, 0.25) is 0 Å². The van der Waals surface area contributed by atoms with Crippen molar-refractivity contribution in [2.75, 3.05) is 36.8 Å². The molecule has 0 aliphatic rings. The van der Waals surface area contributed by atoms with Gasteiger partial charge in [-0.3, -0.25) is 9.69 Å². The average Bonchev–Trinajstić information content (AvgIpc) is 3.21. The summed E-state index contributed by atoms with van der Waals surface area (Å²) in [6.07, 6.45) is 1.08. The number of thiazole rings is 1. The van der Waals surface area contributed by atoms with Gasteiger partial charge in [0.1, 0.15) is 17.2 Å². The van der Waals surface area contributed by atoms with Gasteiger partial charge in [-0.15, -0.1) is 11.8 Å². The summed E-state index contributed by atoms with van der Waals surface area (Å²) >= 11 is 2.95. The molecule has 2 aromatic carbocycles. The van der Waals surface area contributed by atoms with Gasteiger partial charge in [0.15, 0.2) is 5.13 Å². The molecule has 0 saturated heterocycles. The van der Waals surface area contributed by atoms with Crippen LogP contribution < -0.4 is 4.90 Å². The predicted octanol–water partition coefficient (Wildman–Crippen LogP) is 5.82. The van der Waals surface area contributed by atoms with Gasteiger partial charge in [0.05, 0.1) is 4.70 Å². The predicted molar refractivity (Wildman–Crippen MR) is 126 cm³/mol. The minimum atomic E-state index is -0.369. The number of aromatic nitrogens is 1. The van der Waals surface area contributed by atoms with Crippen molar-refractivity contribution in [2.45, 2.75) is 31.6 Å². The van der Waals surface area contributed by atoms with E-state index >= 15 is 0 Å². The molecule has 3 rings (SSSR count). The summed E-state index contributed by atoms with van der Waals surface area (Å²) < 4.78 is 27.9. The van der Waals surface area contributed by atoms with E-state index in [1.807, 2.05) is 6.07 Å². The SMILES string of the molecule is CCN(CC)CCN(C(=O)CCCSc1ccc(F)cc1)c1nc2c(F)cccc2s1. The molecule has 4 nitrogen and oxygen atoms in total. The molecule has 0 aliphatic carbocycles. The maximum absolute atomic E-state index is 14.1. The first-order valence-electron chi connectivity index (χ1n) is 10.5. The summed E-state index contributed by atoms with van der Waals surface area (Å²) in [5.74, 6) is 0.129. The van der Waals surface area contributed by atoms with Gasteiger partial charge in [-0.1, -0.05) is 31.3 Å². The Morgan fingerprint density at radius 3 is 2.48 bits per heavy atom. The number of likely N-dealkylation sites (N-methyl/N-ethyl adjacent to an activating group) is 1. The number of benzene rings is 2. The number of carbonyl (C=O) groups is 1. The van der Waals surface area contributed by atoms with Crippen molar-refractivity contribution in [1.82, 2.24) is 9.88 Å². The zero-order chi connectivity index (χ0) is 22.2. The lowest BCUT2D eigenvalue weighted by molar-refractivity contribution is -0.118. The fourth-order valence-corrected chi connectivity index (χ4v) is 5.08. The molecule has 0 atom stereocenters. The Morgan fingerprint density at radius 1 is 1.06 bits per heavy atom. The van der Waals surface area contributed by atoms with Crippen LogP contribution in [-0.2, 0) is 4.79 Å². The highest BCUT2D eigenvalue weighted by Crippen LogP contribution is 2.31. The van der Waals surface area contributed by atoms with Crippen LogP contribution in [0.15, 0.2) is 47.4 Å². The monoisotopic (exact) mass is 463 g/mol. The first kappa shape index (κ1) is 23.6. The average molecular weight is 464 g/mol. The molecule has 0 aliphatic heterocycles.